The Kier molecular flexibility index (Phi) is 5.58. The summed E-state index contributed by atoms with van der Waals surface area (Å²) in [5, 5.41) is 1.93. The van der Waals surface area contributed by atoms with Crippen molar-refractivity contribution < 1.29 is 52.7 Å². The van der Waals surface area contributed by atoms with E-state index in [0.29, 0.717) is 12.2 Å². The maximum Gasteiger partial charge on any atom is 0.429 e. The molecule has 1 rings (SSSR count). The molecule has 1 saturated heterocycles. The van der Waals surface area contributed by atoms with Gasteiger partial charge in [0.15, 0.2) is 0 Å². The van der Waals surface area contributed by atoms with Crippen LogP contribution in [0.5, 0.6) is 0 Å². The summed E-state index contributed by atoms with van der Waals surface area (Å²) in [7, 11) is 0. The van der Waals surface area contributed by atoms with Gasteiger partial charge in [-0.05, 0) is 13.1 Å². The van der Waals surface area contributed by atoms with Crippen molar-refractivity contribution in [1.29, 1.82) is 0 Å². The standard InChI is InChI=1S/C11H13F12N3/c1-3-24-5-6(8(12,13)14,9(15,16)17)26(4-2)7(25-5,10(18,19)20)11(21,22)23/h5,24-25H,3-4H2,1-2H3. The number of hydrogen-bond donors (Lipinski definition) is 2. The molecule has 2 N–H and O–H groups in total. The van der Waals surface area contributed by atoms with Gasteiger partial charge in [0.25, 0.3) is 5.66 Å². The van der Waals surface area contributed by atoms with E-state index in [4.69, 9.17) is 0 Å². The maximum absolute atomic E-state index is 13.5. The Labute approximate surface area is 138 Å². The van der Waals surface area contributed by atoms with Gasteiger partial charge in [-0.2, -0.15) is 52.7 Å². The fraction of sp³-hybridized carbons (Fsp3) is 1.00. The molecule has 1 heterocycles. The van der Waals surface area contributed by atoms with Crippen LogP contribution in [0.4, 0.5) is 52.7 Å². The Morgan fingerprint density at radius 3 is 1.38 bits per heavy atom. The fourth-order valence-electron chi connectivity index (χ4n) is 3.13. The SMILES string of the molecule is CCNC1NC(C(F)(F)F)(C(F)(F)F)N(CC)C1(C(F)(F)F)C(F)(F)F. The average molecular weight is 415 g/mol. The van der Waals surface area contributed by atoms with Gasteiger partial charge in [0.1, 0.15) is 0 Å². The fourth-order valence-corrected chi connectivity index (χ4v) is 3.13. The summed E-state index contributed by atoms with van der Waals surface area (Å²) in [5.74, 6) is 0. The predicted molar refractivity (Wildman–Crippen MR) is 62.7 cm³/mol. The number of nitrogens with one attached hydrogen (secondary N) is 2. The molecule has 1 unspecified atom stereocenters. The molecule has 26 heavy (non-hydrogen) atoms. The van der Waals surface area contributed by atoms with E-state index in [0.717, 1.165) is 6.92 Å². The highest BCUT2D eigenvalue weighted by Gasteiger charge is 2.91. The molecule has 1 fully saturated rings. The summed E-state index contributed by atoms with van der Waals surface area (Å²) < 4.78 is 161. The van der Waals surface area contributed by atoms with Crippen LogP contribution in [0.25, 0.3) is 0 Å². The first-order chi connectivity index (χ1) is 11.4. The van der Waals surface area contributed by atoms with Crippen LogP contribution < -0.4 is 10.6 Å². The third-order valence-electron chi connectivity index (χ3n) is 4.01. The number of likely N-dealkylation sites (N-methyl/N-ethyl adjacent to an activating group) is 2. The van der Waals surface area contributed by atoms with Crippen LogP contribution in [0.2, 0.25) is 0 Å². The minimum Gasteiger partial charge on any atom is -0.300 e. The van der Waals surface area contributed by atoms with Gasteiger partial charge in [-0.1, -0.05) is 13.8 Å². The van der Waals surface area contributed by atoms with Gasteiger partial charge in [-0.25, -0.2) is 4.90 Å². The molecule has 1 aliphatic rings. The summed E-state index contributed by atoms with van der Waals surface area (Å²) in [5.41, 5.74) is -11.0. The summed E-state index contributed by atoms with van der Waals surface area (Å²) >= 11 is 0. The van der Waals surface area contributed by atoms with Crippen LogP contribution in [0.3, 0.4) is 0 Å². The second kappa shape index (κ2) is 6.29. The van der Waals surface area contributed by atoms with Crippen molar-refractivity contribution in [1.82, 2.24) is 15.5 Å². The Morgan fingerprint density at radius 2 is 1.15 bits per heavy atom. The van der Waals surface area contributed by atoms with Crippen LogP contribution in [-0.4, -0.2) is 60.1 Å². The Morgan fingerprint density at radius 1 is 0.769 bits per heavy atom. The van der Waals surface area contributed by atoms with Crippen LogP contribution in [0.1, 0.15) is 13.8 Å². The zero-order valence-electron chi connectivity index (χ0n) is 13.0. The van der Waals surface area contributed by atoms with Crippen LogP contribution >= 0.6 is 0 Å². The monoisotopic (exact) mass is 415 g/mol. The number of hydrogen-bond acceptors (Lipinski definition) is 3. The number of halogens is 12. The quantitative estimate of drug-likeness (QED) is 0.691. The lowest BCUT2D eigenvalue weighted by atomic mass is 9.91. The molecule has 0 aliphatic carbocycles. The van der Waals surface area contributed by atoms with Crippen molar-refractivity contribution in [2.75, 3.05) is 13.1 Å². The van der Waals surface area contributed by atoms with Gasteiger partial charge >= 0.3 is 24.7 Å². The number of rotatable bonds is 3. The van der Waals surface area contributed by atoms with E-state index in [1.165, 1.54) is 5.32 Å². The van der Waals surface area contributed by atoms with E-state index in [1.54, 1.807) is 0 Å². The van der Waals surface area contributed by atoms with E-state index < -0.39 is 60.1 Å². The normalized spacial score (nSPS) is 24.9. The van der Waals surface area contributed by atoms with Gasteiger partial charge in [-0.3, -0.25) is 10.6 Å². The first-order valence-electron chi connectivity index (χ1n) is 6.92. The Bertz CT molecular complexity index is 475. The molecular weight excluding hydrogens is 402 g/mol. The van der Waals surface area contributed by atoms with Crippen molar-refractivity contribution in [3.8, 4) is 0 Å². The topological polar surface area (TPSA) is 27.3 Å². The number of alkyl halides is 12. The predicted octanol–water partition coefficient (Wildman–Crippen LogP) is 3.53. The molecule has 0 saturated carbocycles. The van der Waals surface area contributed by atoms with Crippen LogP contribution in [-0.2, 0) is 0 Å². The second-order valence-electron chi connectivity index (χ2n) is 5.35. The molecule has 0 aromatic heterocycles. The lowest BCUT2D eigenvalue weighted by Crippen LogP contribution is -2.77. The van der Waals surface area contributed by atoms with Gasteiger partial charge in [0.05, 0.1) is 6.17 Å². The zero-order chi connectivity index (χ0) is 21.0. The lowest BCUT2D eigenvalue weighted by molar-refractivity contribution is -0.389. The smallest absolute Gasteiger partial charge is 0.300 e. The molecule has 0 aromatic rings. The summed E-state index contributed by atoms with van der Waals surface area (Å²) in [4.78, 5) is -1.66. The van der Waals surface area contributed by atoms with Crippen molar-refractivity contribution >= 4 is 0 Å². The molecular formula is C11H13F12N3. The van der Waals surface area contributed by atoms with Gasteiger partial charge < -0.3 is 0 Å². The summed E-state index contributed by atoms with van der Waals surface area (Å²) in [6.07, 6.45) is -29.6. The molecule has 156 valence electrons. The molecule has 0 bridgehead atoms. The van der Waals surface area contributed by atoms with Gasteiger partial charge in [0, 0.05) is 0 Å². The third-order valence-corrected chi connectivity index (χ3v) is 4.01. The zero-order valence-corrected chi connectivity index (χ0v) is 13.0. The molecule has 0 radical (unpaired) electrons. The van der Waals surface area contributed by atoms with E-state index in [1.807, 2.05) is 0 Å². The summed E-state index contributed by atoms with van der Waals surface area (Å²) in [6.45, 7) is -1.35. The third kappa shape index (κ3) is 2.82. The van der Waals surface area contributed by atoms with Crippen molar-refractivity contribution in [2.45, 2.75) is 55.9 Å². The second-order valence-corrected chi connectivity index (χ2v) is 5.35. The van der Waals surface area contributed by atoms with Crippen LogP contribution in [0, 0.1) is 0 Å². The van der Waals surface area contributed by atoms with Crippen molar-refractivity contribution in [3.63, 3.8) is 0 Å². The largest absolute Gasteiger partial charge is 0.429 e. The molecule has 0 spiro atoms. The Balaban J connectivity index is 4.01. The number of nitrogens with zero attached hydrogens (tertiary/aromatic N) is 1. The highest BCUT2D eigenvalue weighted by atomic mass is 19.4. The van der Waals surface area contributed by atoms with Gasteiger partial charge in [0.2, 0.25) is 5.54 Å². The highest BCUT2D eigenvalue weighted by molar-refractivity contribution is 5.23. The molecule has 0 aromatic carbocycles. The Hall–Kier alpha value is -0.960. The molecule has 0 amide bonds. The molecule has 15 heteroatoms. The lowest BCUT2D eigenvalue weighted by Gasteiger charge is -2.47. The van der Waals surface area contributed by atoms with E-state index in [9.17, 15) is 52.7 Å². The van der Waals surface area contributed by atoms with Crippen molar-refractivity contribution in [2.24, 2.45) is 0 Å². The van der Waals surface area contributed by atoms with Crippen molar-refractivity contribution in [3.05, 3.63) is 0 Å². The molecule has 3 nitrogen and oxygen atoms in total. The first kappa shape index (κ1) is 23.1. The van der Waals surface area contributed by atoms with Crippen LogP contribution in [0.15, 0.2) is 0 Å². The van der Waals surface area contributed by atoms with Gasteiger partial charge in [-0.15, -0.1) is 0 Å². The average Bonchev–Trinajstić information content (AvgIpc) is 2.69. The molecule has 1 aliphatic heterocycles. The molecule has 1 atom stereocenters. The van der Waals surface area contributed by atoms with E-state index in [-0.39, 0.29) is 0 Å². The minimum absolute atomic E-state index is 0.342. The maximum atomic E-state index is 13.5. The summed E-state index contributed by atoms with van der Waals surface area (Å²) in [6, 6.07) is 0. The first-order valence-corrected chi connectivity index (χ1v) is 6.92. The highest BCUT2D eigenvalue weighted by Crippen LogP contribution is 2.60. The van der Waals surface area contributed by atoms with E-state index in [2.05, 4.69) is 0 Å². The van der Waals surface area contributed by atoms with E-state index >= 15 is 0 Å². The minimum atomic E-state index is -6.55.